The van der Waals surface area contributed by atoms with E-state index in [-0.39, 0.29) is 0 Å². The maximum Gasteiger partial charge on any atom is 0.330 e. The second-order valence-corrected chi connectivity index (χ2v) is 2.31. The zero-order valence-corrected chi connectivity index (χ0v) is 9.77. The second kappa shape index (κ2) is 13.2. The third kappa shape index (κ3) is 14.7. The van der Waals surface area contributed by atoms with Crippen LogP contribution in [0.3, 0.4) is 0 Å². The van der Waals surface area contributed by atoms with Gasteiger partial charge in [-0.25, -0.2) is 9.59 Å². The summed E-state index contributed by atoms with van der Waals surface area (Å²) < 4.78 is 9.07. The molecular weight excluding hydrogens is 208 g/mol. The number of ether oxygens (including phenoxy) is 2. The SMILES string of the molecule is C=CC=C.CCOC(=O)C=CC(=O)OCC. The van der Waals surface area contributed by atoms with Gasteiger partial charge in [-0.15, -0.1) is 0 Å². The Kier molecular flexibility index (Phi) is 13.6. The molecule has 90 valence electrons. The van der Waals surface area contributed by atoms with Crippen molar-refractivity contribution in [3.05, 3.63) is 37.5 Å². The predicted molar refractivity (Wildman–Crippen MR) is 62.8 cm³/mol. The van der Waals surface area contributed by atoms with Crippen LogP contribution in [0.5, 0.6) is 0 Å². The van der Waals surface area contributed by atoms with Crippen LogP contribution in [0.1, 0.15) is 13.8 Å². The van der Waals surface area contributed by atoms with Crippen molar-refractivity contribution in [3.63, 3.8) is 0 Å². The highest BCUT2D eigenvalue weighted by Gasteiger charge is 1.97. The van der Waals surface area contributed by atoms with E-state index in [4.69, 9.17) is 0 Å². The standard InChI is InChI=1S/C8H12O4.C4H6/c1-3-11-7(9)5-6-8(10)12-4-2;1-3-4-2/h5-6H,3-4H2,1-2H3;3-4H,1-2H2. The Hall–Kier alpha value is -1.84. The van der Waals surface area contributed by atoms with Gasteiger partial charge in [0.1, 0.15) is 0 Å². The van der Waals surface area contributed by atoms with Crippen molar-refractivity contribution in [3.8, 4) is 0 Å². The molecule has 0 heterocycles. The summed E-state index contributed by atoms with van der Waals surface area (Å²) in [6.45, 7) is 10.7. The van der Waals surface area contributed by atoms with Crippen molar-refractivity contribution in [2.75, 3.05) is 13.2 Å². The van der Waals surface area contributed by atoms with E-state index < -0.39 is 11.9 Å². The Labute approximate surface area is 96.2 Å². The van der Waals surface area contributed by atoms with Gasteiger partial charge in [0.25, 0.3) is 0 Å². The quantitative estimate of drug-likeness (QED) is 0.409. The molecule has 0 aliphatic carbocycles. The number of carbonyl (C=O) groups is 2. The Balaban J connectivity index is 0. The van der Waals surface area contributed by atoms with Gasteiger partial charge in [-0.2, -0.15) is 0 Å². The topological polar surface area (TPSA) is 52.6 Å². The first-order valence-electron chi connectivity index (χ1n) is 4.87. The van der Waals surface area contributed by atoms with Gasteiger partial charge in [0, 0.05) is 12.2 Å². The first-order valence-corrected chi connectivity index (χ1v) is 4.87. The Morgan fingerprint density at radius 3 is 1.44 bits per heavy atom. The van der Waals surface area contributed by atoms with Gasteiger partial charge in [0.05, 0.1) is 13.2 Å². The van der Waals surface area contributed by atoms with E-state index in [0.29, 0.717) is 13.2 Å². The minimum absolute atomic E-state index is 0.298. The van der Waals surface area contributed by atoms with Crippen LogP contribution < -0.4 is 0 Å². The van der Waals surface area contributed by atoms with E-state index in [1.54, 1.807) is 26.0 Å². The minimum Gasteiger partial charge on any atom is -0.463 e. The Bertz CT molecular complexity index is 228. The third-order valence-corrected chi connectivity index (χ3v) is 1.10. The molecule has 0 rings (SSSR count). The maximum absolute atomic E-state index is 10.6. The smallest absolute Gasteiger partial charge is 0.330 e. The molecule has 0 bridgehead atoms. The predicted octanol–water partition coefficient (Wildman–Crippen LogP) is 2.03. The van der Waals surface area contributed by atoms with Crippen LogP contribution in [0.4, 0.5) is 0 Å². The maximum atomic E-state index is 10.6. The Morgan fingerprint density at radius 2 is 1.25 bits per heavy atom. The summed E-state index contributed by atoms with van der Waals surface area (Å²) in [7, 11) is 0. The fraction of sp³-hybridized carbons (Fsp3) is 0.333. The number of carbonyl (C=O) groups excluding carboxylic acids is 2. The summed E-state index contributed by atoms with van der Waals surface area (Å²) in [6.07, 6.45) is 5.36. The van der Waals surface area contributed by atoms with E-state index in [0.717, 1.165) is 12.2 Å². The molecule has 0 unspecified atom stereocenters. The molecule has 0 radical (unpaired) electrons. The van der Waals surface area contributed by atoms with Crippen LogP contribution in [0.25, 0.3) is 0 Å². The average molecular weight is 226 g/mol. The lowest BCUT2D eigenvalue weighted by atomic mass is 10.5. The van der Waals surface area contributed by atoms with Crippen molar-refractivity contribution < 1.29 is 19.1 Å². The fourth-order valence-corrected chi connectivity index (χ4v) is 0.517. The van der Waals surface area contributed by atoms with Crippen LogP contribution in [-0.4, -0.2) is 25.2 Å². The first-order chi connectivity index (χ1) is 7.62. The van der Waals surface area contributed by atoms with Gasteiger partial charge < -0.3 is 9.47 Å². The number of allylic oxidation sites excluding steroid dienone is 2. The summed E-state index contributed by atoms with van der Waals surface area (Å²) in [5, 5.41) is 0. The number of hydrogen-bond donors (Lipinski definition) is 0. The molecule has 0 saturated heterocycles. The minimum atomic E-state index is -0.537. The van der Waals surface area contributed by atoms with Crippen LogP contribution in [0.15, 0.2) is 37.5 Å². The molecule has 0 atom stereocenters. The van der Waals surface area contributed by atoms with Crippen LogP contribution in [0, 0.1) is 0 Å². The summed E-state index contributed by atoms with van der Waals surface area (Å²) in [5.74, 6) is -1.07. The van der Waals surface area contributed by atoms with E-state index >= 15 is 0 Å². The summed E-state index contributed by atoms with van der Waals surface area (Å²) >= 11 is 0. The van der Waals surface area contributed by atoms with Gasteiger partial charge in [-0.05, 0) is 13.8 Å². The van der Waals surface area contributed by atoms with Gasteiger partial charge in [0.15, 0.2) is 0 Å². The van der Waals surface area contributed by atoms with E-state index in [1.165, 1.54) is 0 Å². The van der Waals surface area contributed by atoms with Crippen LogP contribution in [-0.2, 0) is 19.1 Å². The molecule has 0 aromatic carbocycles. The van der Waals surface area contributed by atoms with Crippen molar-refractivity contribution in [2.24, 2.45) is 0 Å². The highest BCUT2D eigenvalue weighted by Crippen LogP contribution is 1.84. The van der Waals surface area contributed by atoms with Crippen LogP contribution >= 0.6 is 0 Å². The molecule has 0 aromatic heterocycles. The van der Waals surface area contributed by atoms with Gasteiger partial charge in [0.2, 0.25) is 0 Å². The van der Waals surface area contributed by atoms with E-state index in [1.807, 2.05) is 0 Å². The monoisotopic (exact) mass is 226 g/mol. The van der Waals surface area contributed by atoms with Crippen LogP contribution in [0.2, 0.25) is 0 Å². The van der Waals surface area contributed by atoms with E-state index in [2.05, 4.69) is 22.6 Å². The molecule has 0 fully saturated rings. The molecule has 0 aliphatic rings. The summed E-state index contributed by atoms with van der Waals surface area (Å²) in [5.41, 5.74) is 0. The lowest BCUT2D eigenvalue weighted by molar-refractivity contribution is -0.140. The number of rotatable bonds is 5. The summed E-state index contributed by atoms with van der Waals surface area (Å²) in [4.78, 5) is 21.3. The van der Waals surface area contributed by atoms with Crippen molar-refractivity contribution in [1.29, 1.82) is 0 Å². The molecule has 0 spiro atoms. The van der Waals surface area contributed by atoms with Gasteiger partial charge in [-0.3, -0.25) is 0 Å². The molecule has 0 aromatic rings. The van der Waals surface area contributed by atoms with Gasteiger partial charge in [-0.1, -0.05) is 25.3 Å². The van der Waals surface area contributed by atoms with Crippen molar-refractivity contribution in [2.45, 2.75) is 13.8 Å². The average Bonchev–Trinajstić information content (AvgIpc) is 2.28. The molecule has 4 heteroatoms. The molecule has 4 nitrogen and oxygen atoms in total. The molecule has 16 heavy (non-hydrogen) atoms. The number of hydrogen-bond acceptors (Lipinski definition) is 4. The zero-order chi connectivity index (χ0) is 12.8. The lowest BCUT2D eigenvalue weighted by Crippen LogP contribution is -2.03. The molecule has 0 N–H and O–H groups in total. The number of esters is 2. The third-order valence-electron chi connectivity index (χ3n) is 1.10. The second-order valence-electron chi connectivity index (χ2n) is 2.31. The Morgan fingerprint density at radius 1 is 0.938 bits per heavy atom. The highest BCUT2D eigenvalue weighted by atomic mass is 16.5. The highest BCUT2D eigenvalue weighted by molar-refractivity contribution is 5.91. The first kappa shape index (κ1) is 16.6. The molecular formula is C12H18O4. The largest absolute Gasteiger partial charge is 0.463 e. The molecule has 0 saturated carbocycles. The fourth-order valence-electron chi connectivity index (χ4n) is 0.517. The molecule has 0 amide bonds. The van der Waals surface area contributed by atoms with Gasteiger partial charge >= 0.3 is 11.9 Å². The zero-order valence-electron chi connectivity index (χ0n) is 9.77. The normalized spacial score (nSPS) is 8.62. The summed E-state index contributed by atoms with van der Waals surface area (Å²) in [6, 6.07) is 0. The van der Waals surface area contributed by atoms with Crippen molar-refractivity contribution in [1.82, 2.24) is 0 Å². The van der Waals surface area contributed by atoms with E-state index in [9.17, 15) is 9.59 Å². The molecule has 0 aliphatic heterocycles. The van der Waals surface area contributed by atoms with Crippen molar-refractivity contribution >= 4 is 11.9 Å². The lowest BCUT2D eigenvalue weighted by Gasteiger charge is -1.95.